The molecule has 0 aliphatic carbocycles. The topological polar surface area (TPSA) is 71.4 Å². The van der Waals surface area contributed by atoms with Gasteiger partial charge in [0, 0.05) is 7.05 Å². The van der Waals surface area contributed by atoms with Crippen molar-refractivity contribution in [3.05, 3.63) is 65.7 Å². The van der Waals surface area contributed by atoms with Gasteiger partial charge >= 0.3 is 0 Å². The number of rotatable bonds is 7. The molecule has 2 aromatic carbocycles. The molecule has 0 aromatic heterocycles. The molecule has 0 aliphatic heterocycles. The number of benzene rings is 2. The Labute approximate surface area is 141 Å². The van der Waals surface area contributed by atoms with Crippen molar-refractivity contribution in [2.24, 2.45) is 0 Å². The van der Waals surface area contributed by atoms with E-state index < -0.39 is 5.91 Å². The van der Waals surface area contributed by atoms with Gasteiger partial charge in [0.25, 0.3) is 5.91 Å². The van der Waals surface area contributed by atoms with E-state index in [-0.39, 0.29) is 5.57 Å². The molecule has 2 aromatic rings. The first-order chi connectivity index (χ1) is 11.7. The van der Waals surface area contributed by atoms with Gasteiger partial charge in [0.2, 0.25) is 0 Å². The summed E-state index contributed by atoms with van der Waals surface area (Å²) < 4.78 is 11.1. The van der Waals surface area contributed by atoms with Crippen LogP contribution in [0.15, 0.2) is 60.2 Å². The third-order valence-electron chi connectivity index (χ3n) is 3.15. The second kappa shape index (κ2) is 9.01. The number of para-hydroxylation sites is 1. The lowest BCUT2D eigenvalue weighted by Gasteiger charge is -2.08. The maximum atomic E-state index is 11.5. The smallest absolute Gasteiger partial charge is 0.261 e. The minimum Gasteiger partial charge on any atom is -0.490 e. The summed E-state index contributed by atoms with van der Waals surface area (Å²) in [6, 6.07) is 18.6. The SMILES string of the molecule is CNC(=O)C(C#N)=Cc1ccc(OCCOc2ccccc2)cc1. The van der Waals surface area contributed by atoms with Crippen LogP contribution in [0.25, 0.3) is 6.08 Å². The van der Waals surface area contributed by atoms with Gasteiger partial charge in [-0.15, -0.1) is 0 Å². The number of nitrogens with one attached hydrogen (secondary N) is 1. The summed E-state index contributed by atoms with van der Waals surface area (Å²) in [7, 11) is 1.49. The third kappa shape index (κ3) is 5.18. The number of amides is 1. The highest BCUT2D eigenvalue weighted by Gasteiger charge is 2.05. The summed E-state index contributed by atoms with van der Waals surface area (Å²) in [5, 5.41) is 11.4. The van der Waals surface area contributed by atoms with E-state index in [0.717, 1.165) is 11.3 Å². The zero-order chi connectivity index (χ0) is 17.2. The Morgan fingerprint density at radius 3 is 2.17 bits per heavy atom. The maximum Gasteiger partial charge on any atom is 0.261 e. The molecule has 2 rings (SSSR count). The number of hydrogen-bond donors (Lipinski definition) is 1. The largest absolute Gasteiger partial charge is 0.490 e. The number of hydrogen-bond acceptors (Lipinski definition) is 4. The molecule has 0 unspecified atom stereocenters. The third-order valence-corrected chi connectivity index (χ3v) is 3.15. The van der Waals surface area contributed by atoms with Crippen LogP contribution in [-0.2, 0) is 4.79 Å². The van der Waals surface area contributed by atoms with Gasteiger partial charge in [-0.1, -0.05) is 30.3 Å². The van der Waals surface area contributed by atoms with Gasteiger partial charge in [0.1, 0.15) is 36.4 Å². The number of ether oxygens (including phenoxy) is 2. The van der Waals surface area contributed by atoms with Crippen molar-refractivity contribution in [3.63, 3.8) is 0 Å². The Hall–Kier alpha value is -3.26. The summed E-state index contributed by atoms with van der Waals surface area (Å²) in [5.41, 5.74) is 0.811. The fraction of sp³-hybridized carbons (Fsp3) is 0.158. The lowest BCUT2D eigenvalue weighted by molar-refractivity contribution is -0.116. The highest BCUT2D eigenvalue weighted by atomic mass is 16.5. The summed E-state index contributed by atoms with van der Waals surface area (Å²) in [6.07, 6.45) is 1.53. The Bertz CT molecular complexity index is 731. The average Bonchev–Trinajstić information content (AvgIpc) is 2.64. The van der Waals surface area contributed by atoms with Gasteiger partial charge in [-0.05, 0) is 35.9 Å². The molecule has 0 saturated carbocycles. The van der Waals surface area contributed by atoms with E-state index >= 15 is 0 Å². The molecule has 5 heteroatoms. The number of nitrogens with zero attached hydrogens (tertiary/aromatic N) is 1. The number of nitriles is 1. The van der Waals surface area contributed by atoms with Crippen molar-refractivity contribution in [2.75, 3.05) is 20.3 Å². The minimum absolute atomic E-state index is 0.0578. The highest BCUT2D eigenvalue weighted by molar-refractivity contribution is 6.01. The molecule has 0 aliphatic rings. The molecule has 0 atom stereocenters. The fourth-order valence-corrected chi connectivity index (χ4v) is 1.95. The van der Waals surface area contributed by atoms with Crippen molar-refractivity contribution in [3.8, 4) is 17.6 Å². The molecular weight excluding hydrogens is 304 g/mol. The number of likely N-dealkylation sites (N-methyl/N-ethyl adjacent to an activating group) is 1. The molecule has 5 nitrogen and oxygen atoms in total. The maximum absolute atomic E-state index is 11.5. The quantitative estimate of drug-likeness (QED) is 0.483. The summed E-state index contributed by atoms with van der Waals surface area (Å²) >= 11 is 0. The van der Waals surface area contributed by atoms with Gasteiger partial charge in [-0.25, -0.2) is 0 Å². The number of carbonyl (C=O) groups excluding carboxylic acids is 1. The molecule has 0 fully saturated rings. The van der Waals surface area contributed by atoms with Crippen LogP contribution in [0.4, 0.5) is 0 Å². The molecular formula is C19H18N2O3. The fourth-order valence-electron chi connectivity index (χ4n) is 1.95. The second-order valence-corrected chi connectivity index (χ2v) is 4.83. The first-order valence-corrected chi connectivity index (χ1v) is 7.47. The zero-order valence-corrected chi connectivity index (χ0v) is 13.4. The molecule has 1 N–H and O–H groups in total. The van der Waals surface area contributed by atoms with Crippen molar-refractivity contribution >= 4 is 12.0 Å². The van der Waals surface area contributed by atoms with Crippen LogP contribution in [0.1, 0.15) is 5.56 Å². The van der Waals surface area contributed by atoms with E-state index in [4.69, 9.17) is 14.7 Å². The molecule has 0 radical (unpaired) electrons. The van der Waals surface area contributed by atoms with Crippen LogP contribution in [0, 0.1) is 11.3 Å². The lowest BCUT2D eigenvalue weighted by Crippen LogP contribution is -2.19. The Morgan fingerprint density at radius 1 is 1.04 bits per heavy atom. The van der Waals surface area contributed by atoms with Gasteiger partial charge in [0.15, 0.2) is 0 Å². The molecule has 0 heterocycles. The lowest BCUT2D eigenvalue weighted by atomic mass is 10.1. The first-order valence-electron chi connectivity index (χ1n) is 7.47. The van der Waals surface area contributed by atoms with Crippen LogP contribution in [0.5, 0.6) is 11.5 Å². The van der Waals surface area contributed by atoms with Gasteiger partial charge in [0.05, 0.1) is 0 Å². The first kappa shape index (κ1) is 17.1. The molecule has 24 heavy (non-hydrogen) atoms. The van der Waals surface area contributed by atoms with E-state index in [1.54, 1.807) is 24.3 Å². The van der Waals surface area contributed by atoms with Crippen LogP contribution in [0.2, 0.25) is 0 Å². The second-order valence-electron chi connectivity index (χ2n) is 4.83. The Kier molecular flexibility index (Phi) is 6.42. The molecule has 122 valence electrons. The molecule has 0 spiro atoms. The van der Waals surface area contributed by atoms with E-state index in [0.29, 0.717) is 19.0 Å². The van der Waals surface area contributed by atoms with Crippen LogP contribution < -0.4 is 14.8 Å². The summed E-state index contributed by atoms with van der Waals surface area (Å²) in [5.74, 6) is 1.10. The molecule has 0 bridgehead atoms. The average molecular weight is 322 g/mol. The Balaban J connectivity index is 1.85. The zero-order valence-electron chi connectivity index (χ0n) is 13.4. The van der Waals surface area contributed by atoms with Gasteiger partial charge in [-0.3, -0.25) is 4.79 Å². The minimum atomic E-state index is -0.407. The van der Waals surface area contributed by atoms with Crippen molar-refractivity contribution in [1.82, 2.24) is 5.32 Å². The van der Waals surface area contributed by atoms with Gasteiger partial charge < -0.3 is 14.8 Å². The van der Waals surface area contributed by atoms with E-state index in [1.165, 1.54) is 13.1 Å². The van der Waals surface area contributed by atoms with Crippen LogP contribution in [0.3, 0.4) is 0 Å². The monoisotopic (exact) mass is 322 g/mol. The van der Waals surface area contributed by atoms with E-state index in [9.17, 15) is 4.79 Å². The standard InChI is InChI=1S/C19H18N2O3/c1-21-19(22)16(14-20)13-15-7-9-18(10-8-15)24-12-11-23-17-5-3-2-4-6-17/h2-10,13H,11-12H2,1H3,(H,21,22). The highest BCUT2D eigenvalue weighted by Crippen LogP contribution is 2.15. The molecule has 1 amide bonds. The normalized spacial score (nSPS) is 10.6. The predicted molar refractivity (Wildman–Crippen MR) is 91.5 cm³/mol. The van der Waals surface area contributed by atoms with E-state index in [2.05, 4.69) is 5.32 Å². The van der Waals surface area contributed by atoms with Crippen molar-refractivity contribution in [1.29, 1.82) is 5.26 Å². The van der Waals surface area contributed by atoms with Gasteiger partial charge in [-0.2, -0.15) is 5.26 Å². The number of carbonyl (C=O) groups is 1. The van der Waals surface area contributed by atoms with Crippen LogP contribution in [-0.4, -0.2) is 26.2 Å². The van der Waals surface area contributed by atoms with Crippen LogP contribution >= 0.6 is 0 Å². The molecule has 0 saturated heterocycles. The summed E-state index contributed by atoms with van der Waals surface area (Å²) in [4.78, 5) is 11.5. The summed E-state index contributed by atoms with van der Waals surface area (Å²) in [6.45, 7) is 0.868. The Morgan fingerprint density at radius 2 is 1.62 bits per heavy atom. The predicted octanol–water partition coefficient (Wildman–Crippen LogP) is 2.80. The van der Waals surface area contributed by atoms with E-state index in [1.807, 2.05) is 36.4 Å². The van der Waals surface area contributed by atoms with Crippen molar-refractivity contribution in [2.45, 2.75) is 0 Å². The van der Waals surface area contributed by atoms with Crippen molar-refractivity contribution < 1.29 is 14.3 Å².